The predicted octanol–water partition coefficient (Wildman–Crippen LogP) is 10.3. The van der Waals surface area contributed by atoms with E-state index in [1.807, 2.05) is 6.07 Å². The average molecular weight is 655 g/mol. The van der Waals surface area contributed by atoms with Crippen LogP contribution in [0, 0.1) is 0 Å². The Morgan fingerprint density at radius 3 is 1.14 bits per heavy atom. The van der Waals surface area contributed by atoms with Crippen molar-refractivity contribution in [3.63, 3.8) is 0 Å². The first-order chi connectivity index (χ1) is 16.5. The molecule has 2 aliphatic carbocycles. The van der Waals surface area contributed by atoms with E-state index >= 15 is 0 Å². The van der Waals surface area contributed by atoms with Crippen LogP contribution in [0.3, 0.4) is 0 Å². The summed E-state index contributed by atoms with van der Waals surface area (Å²) in [7, 11) is 1.72. The number of ether oxygens (including phenoxy) is 1. The standard InChI is InChI=1S/C16H15BrO.C15H12Br2/c1-16(2)14-8-10(17)4-6-12(14)13-7-5-11(18-3)9-15(13)16;1-15(2)13-7-9(16)3-5-11(13)12-6-4-10(17)8-14(12)15/h4-9H,1-3H3;3-8H,1-2H3. The Bertz CT molecular complexity index is 1410. The molecule has 35 heavy (non-hydrogen) atoms. The molecule has 0 aliphatic heterocycles. The second-order valence-corrected chi connectivity index (χ2v) is 13.0. The Labute approximate surface area is 233 Å². The zero-order valence-corrected chi connectivity index (χ0v) is 25.2. The van der Waals surface area contributed by atoms with Gasteiger partial charge >= 0.3 is 0 Å². The molecule has 4 aromatic carbocycles. The molecule has 2 aliphatic rings. The quantitative estimate of drug-likeness (QED) is 0.198. The van der Waals surface area contributed by atoms with Gasteiger partial charge in [0.1, 0.15) is 5.75 Å². The average Bonchev–Trinajstić information content (AvgIpc) is 3.18. The summed E-state index contributed by atoms with van der Waals surface area (Å²) in [6.07, 6.45) is 0. The second kappa shape index (κ2) is 8.90. The fourth-order valence-electron chi connectivity index (χ4n) is 5.50. The van der Waals surface area contributed by atoms with Crippen molar-refractivity contribution >= 4 is 47.8 Å². The predicted molar refractivity (Wildman–Crippen MR) is 158 cm³/mol. The highest BCUT2D eigenvalue weighted by Crippen LogP contribution is 2.51. The van der Waals surface area contributed by atoms with Gasteiger partial charge in [0.05, 0.1) is 7.11 Å². The maximum Gasteiger partial charge on any atom is 0.119 e. The molecule has 0 saturated carbocycles. The molecule has 0 fully saturated rings. The minimum absolute atomic E-state index is 0.0307. The SMILES string of the molecule is CC1(C)c2cc(Br)ccc2-c2ccc(Br)cc21.COc1ccc2c(c1)C(C)(C)c1cc(Br)ccc1-2. The van der Waals surface area contributed by atoms with E-state index in [1.165, 1.54) is 44.5 Å². The summed E-state index contributed by atoms with van der Waals surface area (Å²) < 4.78 is 8.78. The van der Waals surface area contributed by atoms with Crippen LogP contribution in [0.25, 0.3) is 22.3 Å². The lowest BCUT2D eigenvalue weighted by Crippen LogP contribution is -2.15. The molecule has 0 amide bonds. The number of rotatable bonds is 1. The Morgan fingerprint density at radius 1 is 0.486 bits per heavy atom. The molecule has 1 nitrogen and oxygen atoms in total. The first kappa shape index (κ1) is 24.8. The fourth-order valence-corrected chi connectivity index (χ4v) is 6.58. The van der Waals surface area contributed by atoms with E-state index in [1.54, 1.807) is 7.11 Å². The summed E-state index contributed by atoms with van der Waals surface area (Å²) in [5, 5.41) is 0. The van der Waals surface area contributed by atoms with Gasteiger partial charge in [0.25, 0.3) is 0 Å². The Balaban J connectivity index is 0.000000145. The zero-order chi connectivity index (χ0) is 25.1. The molecule has 178 valence electrons. The van der Waals surface area contributed by atoms with E-state index in [4.69, 9.17) is 4.74 Å². The minimum Gasteiger partial charge on any atom is -0.497 e. The monoisotopic (exact) mass is 652 g/mol. The summed E-state index contributed by atoms with van der Waals surface area (Å²) in [5.74, 6) is 0.925. The van der Waals surface area contributed by atoms with Gasteiger partial charge in [-0.05, 0) is 93.0 Å². The van der Waals surface area contributed by atoms with E-state index in [0.717, 1.165) is 19.2 Å². The number of hydrogen-bond donors (Lipinski definition) is 0. The summed E-state index contributed by atoms with van der Waals surface area (Å²) in [6.45, 7) is 9.11. The number of fused-ring (bicyclic) bond motifs is 6. The van der Waals surface area contributed by atoms with Gasteiger partial charge < -0.3 is 4.74 Å². The highest BCUT2D eigenvalue weighted by Gasteiger charge is 2.36. The topological polar surface area (TPSA) is 9.23 Å². The van der Waals surface area contributed by atoms with Gasteiger partial charge in [-0.3, -0.25) is 0 Å². The fraction of sp³-hybridized carbons (Fsp3) is 0.226. The highest BCUT2D eigenvalue weighted by atomic mass is 79.9. The van der Waals surface area contributed by atoms with Crippen LogP contribution in [0.4, 0.5) is 0 Å². The molecule has 0 unspecified atom stereocenters. The van der Waals surface area contributed by atoms with Gasteiger partial charge in [-0.25, -0.2) is 0 Å². The molecular formula is C31H27Br3O. The van der Waals surface area contributed by atoms with Gasteiger partial charge in [-0.15, -0.1) is 0 Å². The van der Waals surface area contributed by atoms with Gasteiger partial charge in [-0.2, -0.15) is 0 Å². The van der Waals surface area contributed by atoms with Crippen LogP contribution in [0.1, 0.15) is 49.9 Å². The van der Waals surface area contributed by atoms with Crippen LogP contribution in [0.5, 0.6) is 5.75 Å². The lowest BCUT2D eigenvalue weighted by atomic mass is 9.82. The van der Waals surface area contributed by atoms with E-state index in [-0.39, 0.29) is 10.8 Å². The largest absolute Gasteiger partial charge is 0.497 e. The highest BCUT2D eigenvalue weighted by molar-refractivity contribution is 9.11. The Hall–Kier alpha value is -1.88. The molecule has 0 bridgehead atoms. The molecule has 6 rings (SSSR count). The van der Waals surface area contributed by atoms with Crippen molar-refractivity contribution in [1.29, 1.82) is 0 Å². The van der Waals surface area contributed by atoms with Crippen LogP contribution in [0.2, 0.25) is 0 Å². The van der Waals surface area contributed by atoms with Gasteiger partial charge in [-0.1, -0.05) is 99.8 Å². The van der Waals surface area contributed by atoms with Crippen LogP contribution in [0.15, 0.2) is 86.2 Å². The van der Waals surface area contributed by atoms with E-state index in [9.17, 15) is 0 Å². The Kier molecular flexibility index (Phi) is 6.31. The van der Waals surface area contributed by atoms with Crippen LogP contribution >= 0.6 is 47.8 Å². The van der Waals surface area contributed by atoms with Gasteiger partial charge in [0, 0.05) is 24.2 Å². The van der Waals surface area contributed by atoms with Crippen molar-refractivity contribution in [2.24, 2.45) is 0 Å². The first-order valence-electron chi connectivity index (χ1n) is 11.6. The molecule has 0 saturated heterocycles. The van der Waals surface area contributed by atoms with Crippen molar-refractivity contribution in [2.45, 2.75) is 38.5 Å². The number of hydrogen-bond acceptors (Lipinski definition) is 1. The van der Waals surface area contributed by atoms with Gasteiger partial charge in [0.15, 0.2) is 0 Å². The van der Waals surface area contributed by atoms with Crippen molar-refractivity contribution < 1.29 is 4.74 Å². The third kappa shape index (κ3) is 4.12. The molecule has 0 atom stereocenters. The number of halogens is 3. The maximum absolute atomic E-state index is 5.35. The first-order valence-corrected chi connectivity index (χ1v) is 14.0. The molecule has 4 aromatic rings. The summed E-state index contributed by atoms with van der Waals surface area (Å²) in [5.41, 5.74) is 11.0. The molecule has 0 N–H and O–H groups in total. The third-order valence-corrected chi connectivity index (χ3v) is 8.93. The molecular weight excluding hydrogens is 628 g/mol. The molecule has 0 aromatic heterocycles. The van der Waals surface area contributed by atoms with Crippen LogP contribution in [-0.4, -0.2) is 7.11 Å². The summed E-state index contributed by atoms with van der Waals surface area (Å²) in [4.78, 5) is 0. The second-order valence-electron chi connectivity index (χ2n) is 10.2. The van der Waals surface area contributed by atoms with Crippen molar-refractivity contribution in [3.8, 4) is 28.0 Å². The van der Waals surface area contributed by atoms with E-state index in [0.29, 0.717) is 0 Å². The molecule has 0 radical (unpaired) electrons. The normalized spacial score (nSPS) is 15.3. The summed E-state index contributed by atoms with van der Waals surface area (Å²) in [6, 6.07) is 26.0. The van der Waals surface area contributed by atoms with E-state index in [2.05, 4.69) is 142 Å². The number of benzene rings is 4. The molecule has 0 spiro atoms. The minimum atomic E-state index is 0.0307. The van der Waals surface area contributed by atoms with Gasteiger partial charge in [0.2, 0.25) is 0 Å². The van der Waals surface area contributed by atoms with Crippen molar-refractivity contribution in [1.82, 2.24) is 0 Å². The number of methoxy groups -OCH3 is 1. The van der Waals surface area contributed by atoms with Crippen LogP contribution in [-0.2, 0) is 10.8 Å². The molecule has 4 heteroatoms. The van der Waals surface area contributed by atoms with E-state index < -0.39 is 0 Å². The zero-order valence-electron chi connectivity index (χ0n) is 20.5. The third-order valence-electron chi connectivity index (χ3n) is 7.45. The van der Waals surface area contributed by atoms with Crippen LogP contribution < -0.4 is 4.74 Å². The van der Waals surface area contributed by atoms with Crippen molar-refractivity contribution in [2.75, 3.05) is 7.11 Å². The maximum atomic E-state index is 5.35. The lowest BCUT2D eigenvalue weighted by molar-refractivity contribution is 0.413. The smallest absolute Gasteiger partial charge is 0.119 e. The Morgan fingerprint density at radius 2 is 0.800 bits per heavy atom. The summed E-state index contributed by atoms with van der Waals surface area (Å²) >= 11 is 10.7. The molecule has 0 heterocycles. The lowest BCUT2D eigenvalue weighted by Gasteiger charge is -2.21. The van der Waals surface area contributed by atoms with Crippen molar-refractivity contribution in [3.05, 3.63) is 108 Å².